The zero-order chi connectivity index (χ0) is 20.2. The molecule has 3 unspecified atom stereocenters. The molecule has 0 aliphatic heterocycles. The van der Waals surface area contributed by atoms with Gasteiger partial charge in [0.05, 0.1) is 0 Å². The summed E-state index contributed by atoms with van der Waals surface area (Å²) in [6, 6.07) is 10.3. The first-order chi connectivity index (χ1) is 13.7. The molecule has 1 saturated carbocycles. The van der Waals surface area contributed by atoms with E-state index in [9.17, 15) is 9.59 Å². The summed E-state index contributed by atoms with van der Waals surface area (Å²) in [6.45, 7) is 5.81. The summed E-state index contributed by atoms with van der Waals surface area (Å²) in [5, 5.41) is 0. The van der Waals surface area contributed by atoms with E-state index in [1.807, 2.05) is 18.2 Å². The molecule has 3 heteroatoms. The molecule has 0 aromatic heterocycles. The van der Waals surface area contributed by atoms with Crippen LogP contribution in [0.3, 0.4) is 0 Å². The molecular weight excluding hydrogens is 348 g/mol. The maximum absolute atomic E-state index is 12.9. The van der Waals surface area contributed by atoms with Crippen LogP contribution < -0.4 is 0 Å². The Morgan fingerprint density at radius 3 is 2.64 bits per heavy atom. The predicted molar refractivity (Wildman–Crippen MR) is 114 cm³/mol. The third-order valence-corrected chi connectivity index (χ3v) is 5.47. The first-order valence-corrected chi connectivity index (χ1v) is 10.7. The van der Waals surface area contributed by atoms with E-state index in [1.54, 1.807) is 6.08 Å². The Morgan fingerprint density at radius 1 is 1.18 bits per heavy atom. The zero-order valence-corrected chi connectivity index (χ0v) is 17.1. The van der Waals surface area contributed by atoms with E-state index >= 15 is 0 Å². The van der Waals surface area contributed by atoms with Crippen molar-refractivity contribution in [3.8, 4) is 0 Å². The van der Waals surface area contributed by atoms with Gasteiger partial charge in [0, 0.05) is 12.3 Å². The van der Waals surface area contributed by atoms with Gasteiger partial charge in [0.2, 0.25) is 0 Å². The average Bonchev–Trinajstić information content (AvgIpc) is 2.72. The van der Waals surface area contributed by atoms with Crippen LogP contribution in [0, 0.1) is 5.92 Å². The van der Waals surface area contributed by atoms with Crippen LogP contribution in [0.15, 0.2) is 55.1 Å². The van der Waals surface area contributed by atoms with Crippen molar-refractivity contribution in [2.75, 3.05) is 0 Å². The zero-order valence-electron chi connectivity index (χ0n) is 17.1. The maximum Gasteiger partial charge on any atom is 0.317 e. The minimum atomic E-state index is -0.717. The van der Waals surface area contributed by atoms with Gasteiger partial charge in [-0.1, -0.05) is 61.9 Å². The number of unbranched alkanes of at least 4 members (excludes halogenated alkanes) is 1. The van der Waals surface area contributed by atoms with E-state index in [-0.39, 0.29) is 23.8 Å². The van der Waals surface area contributed by atoms with Crippen LogP contribution in [-0.4, -0.2) is 17.9 Å². The number of carbonyl (C=O) groups excluding carboxylic acids is 2. The number of rotatable bonds is 11. The van der Waals surface area contributed by atoms with Crippen LogP contribution in [0.1, 0.15) is 76.2 Å². The summed E-state index contributed by atoms with van der Waals surface area (Å²) in [7, 11) is 0. The van der Waals surface area contributed by atoms with Gasteiger partial charge in [-0.3, -0.25) is 9.59 Å². The quantitative estimate of drug-likeness (QED) is 0.199. The Kier molecular flexibility index (Phi) is 9.74. The molecule has 0 saturated heterocycles. The van der Waals surface area contributed by atoms with Crippen LogP contribution in [0.25, 0.3) is 0 Å². The summed E-state index contributed by atoms with van der Waals surface area (Å²) >= 11 is 0. The second-order valence-corrected chi connectivity index (χ2v) is 7.59. The fourth-order valence-electron chi connectivity index (χ4n) is 3.93. The number of hydrogen-bond acceptors (Lipinski definition) is 3. The number of Topliss-reactive ketones (excluding diaryl/α,β-unsaturated/α-hetero) is 1. The van der Waals surface area contributed by atoms with Crippen molar-refractivity contribution in [2.24, 2.45) is 5.92 Å². The Bertz CT molecular complexity index is 647. The normalized spacial score (nSPS) is 20.6. The van der Waals surface area contributed by atoms with Crippen molar-refractivity contribution < 1.29 is 14.3 Å². The van der Waals surface area contributed by atoms with Crippen molar-refractivity contribution in [1.29, 1.82) is 0 Å². The molecule has 3 atom stereocenters. The number of carbonyl (C=O) groups is 2. The third kappa shape index (κ3) is 6.78. The molecule has 0 heterocycles. The van der Waals surface area contributed by atoms with Gasteiger partial charge >= 0.3 is 5.97 Å². The molecule has 0 N–H and O–H groups in total. The fraction of sp³-hybridized carbons (Fsp3) is 0.520. The van der Waals surface area contributed by atoms with E-state index in [4.69, 9.17) is 4.74 Å². The number of benzene rings is 1. The molecule has 152 valence electrons. The van der Waals surface area contributed by atoms with Crippen molar-refractivity contribution in [2.45, 2.75) is 76.7 Å². The number of ether oxygens (including phenoxy) is 1. The predicted octanol–water partition coefficient (Wildman–Crippen LogP) is 6.15. The van der Waals surface area contributed by atoms with Crippen LogP contribution in [-0.2, 0) is 14.3 Å². The summed E-state index contributed by atoms with van der Waals surface area (Å²) in [5.74, 6) is -0.896. The largest absolute Gasteiger partial charge is 0.461 e. The second kappa shape index (κ2) is 12.3. The van der Waals surface area contributed by atoms with Crippen molar-refractivity contribution >= 4 is 11.8 Å². The lowest BCUT2D eigenvalue weighted by molar-refractivity contribution is -0.159. The second-order valence-electron chi connectivity index (χ2n) is 7.59. The van der Waals surface area contributed by atoms with Gasteiger partial charge in [-0.2, -0.15) is 0 Å². The molecule has 2 rings (SSSR count). The highest BCUT2D eigenvalue weighted by Gasteiger charge is 2.33. The van der Waals surface area contributed by atoms with Crippen LogP contribution in [0.2, 0.25) is 0 Å². The van der Waals surface area contributed by atoms with E-state index in [0.717, 1.165) is 44.9 Å². The molecule has 1 aliphatic carbocycles. The Morgan fingerprint density at radius 2 is 1.93 bits per heavy atom. The first kappa shape index (κ1) is 22.1. The summed E-state index contributed by atoms with van der Waals surface area (Å²) in [6.07, 6.45) is 13.2. The molecule has 1 aromatic rings. The molecule has 0 amide bonds. The number of hydrogen-bond donors (Lipinski definition) is 0. The smallest absolute Gasteiger partial charge is 0.317 e. The standard InChI is InChI=1S/C25H34O3/c1-3-5-6-7-11-18-23(26)22(14-4-2)25(27)28-24-19-13-12-17-21(24)20-15-9-8-10-16-20/h4-6,8-10,15-16,21-22,24H,2-3,7,11-14,17-19H2,1H3/b6-5-. The van der Waals surface area contributed by atoms with Crippen LogP contribution >= 0.6 is 0 Å². The van der Waals surface area contributed by atoms with E-state index in [1.165, 1.54) is 5.56 Å². The fourth-order valence-corrected chi connectivity index (χ4v) is 3.93. The third-order valence-electron chi connectivity index (χ3n) is 5.47. The van der Waals surface area contributed by atoms with Crippen LogP contribution in [0.5, 0.6) is 0 Å². The molecule has 0 spiro atoms. The summed E-state index contributed by atoms with van der Waals surface area (Å²) < 4.78 is 5.92. The number of esters is 1. The molecule has 0 radical (unpaired) electrons. The Hall–Kier alpha value is -2.16. The lowest BCUT2D eigenvalue weighted by Crippen LogP contribution is -2.34. The highest BCUT2D eigenvalue weighted by molar-refractivity contribution is 5.99. The molecular formula is C25H34O3. The highest BCUT2D eigenvalue weighted by Crippen LogP contribution is 2.35. The van der Waals surface area contributed by atoms with Crippen molar-refractivity contribution in [3.05, 3.63) is 60.7 Å². The van der Waals surface area contributed by atoms with Gasteiger partial charge in [0.1, 0.15) is 17.8 Å². The molecule has 1 aromatic carbocycles. The van der Waals surface area contributed by atoms with Gasteiger partial charge in [-0.05, 0) is 50.5 Å². The van der Waals surface area contributed by atoms with E-state index in [2.05, 4.69) is 37.8 Å². The lowest BCUT2D eigenvalue weighted by Gasteiger charge is -2.32. The molecule has 1 fully saturated rings. The lowest BCUT2D eigenvalue weighted by atomic mass is 9.81. The monoisotopic (exact) mass is 382 g/mol. The topological polar surface area (TPSA) is 43.4 Å². The van der Waals surface area contributed by atoms with Gasteiger partial charge < -0.3 is 4.74 Å². The van der Waals surface area contributed by atoms with Gasteiger partial charge in [0.15, 0.2) is 0 Å². The van der Waals surface area contributed by atoms with E-state index in [0.29, 0.717) is 12.8 Å². The minimum absolute atomic E-state index is 0.0260. The maximum atomic E-state index is 12.9. The Labute approximate surface area is 169 Å². The van der Waals surface area contributed by atoms with E-state index < -0.39 is 5.92 Å². The highest BCUT2D eigenvalue weighted by atomic mass is 16.5. The average molecular weight is 383 g/mol. The molecule has 3 nitrogen and oxygen atoms in total. The van der Waals surface area contributed by atoms with Crippen LogP contribution in [0.4, 0.5) is 0 Å². The molecule has 0 bridgehead atoms. The molecule has 1 aliphatic rings. The van der Waals surface area contributed by atoms with Gasteiger partial charge in [-0.15, -0.1) is 6.58 Å². The summed E-state index contributed by atoms with van der Waals surface area (Å²) in [4.78, 5) is 25.5. The number of allylic oxidation sites excluding steroid dienone is 3. The summed E-state index contributed by atoms with van der Waals surface area (Å²) in [5.41, 5.74) is 1.22. The van der Waals surface area contributed by atoms with Crippen molar-refractivity contribution in [3.63, 3.8) is 0 Å². The SMILES string of the molecule is C=CCC(C(=O)CCC/C=C\CC)C(=O)OC1CCCCC1c1ccccc1. The van der Waals surface area contributed by atoms with Crippen molar-refractivity contribution in [1.82, 2.24) is 0 Å². The first-order valence-electron chi connectivity index (χ1n) is 10.7. The minimum Gasteiger partial charge on any atom is -0.461 e. The number of ketones is 1. The Balaban J connectivity index is 1.98. The molecule has 28 heavy (non-hydrogen) atoms. The van der Waals surface area contributed by atoms with Gasteiger partial charge in [0.25, 0.3) is 0 Å². The van der Waals surface area contributed by atoms with Gasteiger partial charge in [-0.25, -0.2) is 0 Å².